The number of aromatic nitrogens is 8. The van der Waals surface area contributed by atoms with Crippen LogP contribution in [0.5, 0.6) is 23.3 Å². The normalized spacial score (nSPS) is 14.4. The summed E-state index contributed by atoms with van der Waals surface area (Å²) in [5, 5.41) is 16.5. The molecule has 0 saturated carbocycles. The highest BCUT2D eigenvalue weighted by Crippen LogP contribution is 2.47. The molecule has 1 aliphatic heterocycles. The fourth-order valence-corrected chi connectivity index (χ4v) is 4.69. The summed E-state index contributed by atoms with van der Waals surface area (Å²) in [4.78, 5) is 9.48. The molecule has 11 nitrogen and oxygen atoms in total. The van der Waals surface area contributed by atoms with Crippen molar-refractivity contribution >= 4 is 5.65 Å². The second-order valence-corrected chi connectivity index (χ2v) is 8.63. The third-order valence-electron chi connectivity index (χ3n) is 6.19. The number of hydrogen-bond donors (Lipinski definition) is 1. The largest absolute Gasteiger partial charge is 0.490 e. The summed E-state index contributed by atoms with van der Waals surface area (Å²) in [7, 11) is 1.90. The highest BCUT2D eigenvalue weighted by Gasteiger charge is 2.37. The van der Waals surface area contributed by atoms with E-state index in [9.17, 15) is 0 Å². The second-order valence-electron chi connectivity index (χ2n) is 8.63. The molecule has 0 saturated heterocycles. The molecule has 1 unspecified atom stereocenters. The lowest BCUT2D eigenvalue weighted by atomic mass is 9.86. The highest BCUT2D eigenvalue weighted by atomic mass is 16.5. The lowest BCUT2D eigenvalue weighted by Crippen LogP contribution is -2.14. The van der Waals surface area contributed by atoms with E-state index in [2.05, 4.69) is 20.3 Å². The van der Waals surface area contributed by atoms with Crippen LogP contribution in [0.15, 0.2) is 36.9 Å². The maximum absolute atomic E-state index is 6.08. The van der Waals surface area contributed by atoms with Crippen molar-refractivity contribution in [2.75, 3.05) is 13.2 Å². The van der Waals surface area contributed by atoms with Crippen LogP contribution >= 0.6 is 0 Å². The maximum atomic E-state index is 6.08. The van der Waals surface area contributed by atoms with E-state index in [0.717, 1.165) is 33.7 Å². The van der Waals surface area contributed by atoms with Gasteiger partial charge in [0.15, 0.2) is 23.0 Å². The minimum absolute atomic E-state index is 0.195. The molecule has 5 heterocycles. The van der Waals surface area contributed by atoms with Gasteiger partial charge in [0.05, 0.1) is 30.9 Å². The topological polar surface area (TPSA) is 117 Å². The number of aromatic amines is 1. The van der Waals surface area contributed by atoms with Crippen LogP contribution in [-0.4, -0.2) is 52.8 Å². The number of rotatable bonds is 7. The molecule has 1 aliphatic rings. The molecular formula is C25H26N8O3. The van der Waals surface area contributed by atoms with Gasteiger partial charge in [-0.15, -0.1) is 10.2 Å². The van der Waals surface area contributed by atoms with Gasteiger partial charge in [0.2, 0.25) is 11.8 Å². The van der Waals surface area contributed by atoms with Crippen LogP contribution in [-0.2, 0) is 13.5 Å². The van der Waals surface area contributed by atoms with Crippen molar-refractivity contribution in [1.82, 2.24) is 39.6 Å². The molecule has 6 rings (SSSR count). The third-order valence-corrected chi connectivity index (χ3v) is 6.19. The van der Waals surface area contributed by atoms with Gasteiger partial charge in [0, 0.05) is 36.5 Å². The lowest BCUT2D eigenvalue weighted by molar-refractivity contribution is 0.287. The Morgan fingerprint density at radius 3 is 2.69 bits per heavy atom. The molecule has 1 atom stereocenters. The molecule has 5 aromatic rings. The Morgan fingerprint density at radius 1 is 1.08 bits per heavy atom. The first kappa shape index (κ1) is 22.1. The smallest absolute Gasteiger partial charge is 0.244 e. The van der Waals surface area contributed by atoms with E-state index >= 15 is 0 Å². The first-order chi connectivity index (χ1) is 17.6. The van der Waals surface area contributed by atoms with E-state index in [-0.39, 0.29) is 5.92 Å². The van der Waals surface area contributed by atoms with Crippen molar-refractivity contribution in [1.29, 1.82) is 0 Å². The van der Waals surface area contributed by atoms with Gasteiger partial charge in [-0.05, 0) is 38.5 Å². The number of nitrogens with one attached hydrogen (secondary N) is 1. The van der Waals surface area contributed by atoms with Gasteiger partial charge in [-0.3, -0.25) is 9.78 Å². The van der Waals surface area contributed by atoms with Crippen LogP contribution in [0, 0.1) is 6.92 Å². The number of aryl methyl sites for hydroxylation is 2. The molecule has 0 spiro atoms. The van der Waals surface area contributed by atoms with Crippen molar-refractivity contribution in [2.24, 2.45) is 7.05 Å². The summed E-state index contributed by atoms with van der Waals surface area (Å²) in [6.45, 7) is 7.02. The van der Waals surface area contributed by atoms with Crippen molar-refractivity contribution in [3.05, 3.63) is 70.7 Å². The zero-order valence-corrected chi connectivity index (χ0v) is 20.5. The Hall–Kier alpha value is -4.41. The van der Waals surface area contributed by atoms with Crippen LogP contribution in [0.25, 0.3) is 5.65 Å². The summed E-state index contributed by atoms with van der Waals surface area (Å²) >= 11 is 0. The Balaban J connectivity index is 1.43. The SMILES string of the molecule is CCOc1ccc(Cc2nc3c4c(ncn3n2)Oc2n[nH]c(C)c2C4c2cnn(C)c2)cc1OCC. The minimum Gasteiger partial charge on any atom is -0.490 e. The molecular weight excluding hydrogens is 460 g/mol. The van der Waals surface area contributed by atoms with Gasteiger partial charge >= 0.3 is 0 Å². The average Bonchev–Trinajstić information content (AvgIpc) is 3.58. The minimum atomic E-state index is -0.195. The summed E-state index contributed by atoms with van der Waals surface area (Å²) in [5.74, 6) is 2.90. The molecule has 0 aliphatic carbocycles. The van der Waals surface area contributed by atoms with Crippen LogP contribution in [0.1, 0.15) is 53.5 Å². The van der Waals surface area contributed by atoms with Gasteiger partial charge in [-0.1, -0.05) is 6.07 Å². The quantitative estimate of drug-likeness (QED) is 0.364. The zero-order valence-electron chi connectivity index (χ0n) is 20.5. The van der Waals surface area contributed by atoms with E-state index in [0.29, 0.717) is 48.6 Å². The van der Waals surface area contributed by atoms with Crippen molar-refractivity contribution < 1.29 is 14.2 Å². The molecule has 36 heavy (non-hydrogen) atoms. The number of ether oxygens (including phenoxy) is 3. The maximum Gasteiger partial charge on any atom is 0.244 e. The Labute approximate surface area is 207 Å². The molecule has 0 radical (unpaired) electrons. The summed E-state index contributed by atoms with van der Waals surface area (Å²) in [6, 6.07) is 5.92. The third kappa shape index (κ3) is 3.63. The Morgan fingerprint density at radius 2 is 1.92 bits per heavy atom. The number of nitrogens with zero attached hydrogens (tertiary/aromatic N) is 7. The van der Waals surface area contributed by atoms with Crippen LogP contribution < -0.4 is 14.2 Å². The molecule has 1 N–H and O–H groups in total. The first-order valence-corrected chi connectivity index (χ1v) is 11.9. The Kier molecular flexibility index (Phi) is 5.32. The van der Waals surface area contributed by atoms with Gasteiger partial charge in [-0.25, -0.2) is 14.5 Å². The predicted molar refractivity (Wildman–Crippen MR) is 130 cm³/mol. The number of hydrogen-bond acceptors (Lipinski definition) is 8. The van der Waals surface area contributed by atoms with E-state index in [4.69, 9.17) is 24.3 Å². The summed E-state index contributed by atoms with van der Waals surface area (Å²) in [6.07, 6.45) is 5.99. The summed E-state index contributed by atoms with van der Waals surface area (Å²) in [5.41, 5.74) is 5.41. The van der Waals surface area contributed by atoms with Crippen LogP contribution in [0.2, 0.25) is 0 Å². The van der Waals surface area contributed by atoms with Gasteiger partial charge in [0.25, 0.3) is 0 Å². The monoisotopic (exact) mass is 486 g/mol. The van der Waals surface area contributed by atoms with Crippen molar-refractivity contribution in [3.8, 4) is 23.3 Å². The fraction of sp³-hybridized carbons (Fsp3) is 0.320. The number of H-pyrrole nitrogens is 1. The summed E-state index contributed by atoms with van der Waals surface area (Å²) < 4.78 is 21.1. The first-order valence-electron chi connectivity index (χ1n) is 11.9. The molecule has 184 valence electrons. The van der Waals surface area contributed by atoms with Crippen molar-refractivity contribution in [2.45, 2.75) is 33.1 Å². The predicted octanol–water partition coefficient (Wildman–Crippen LogP) is 3.56. The van der Waals surface area contributed by atoms with Gasteiger partial charge < -0.3 is 14.2 Å². The van der Waals surface area contributed by atoms with Crippen LogP contribution in [0.3, 0.4) is 0 Å². The number of fused-ring (bicyclic) bond motifs is 4. The lowest BCUT2D eigenvalue weighted by Gasteiger charge is -2.24. The second kappa shape index (κ2) is 8.67. The highest BCUT2D eigenvalue weighted by molar-refractivity contribution is 5.65. The van der Waals surface area contributed by atoms with Gasteiger partial charge in [-0.2, -0.15) is 5.10 Å². The van der Waals surface area contributed by atoms with E-state index in [1.807, 2.05) is 58.4 Å². The molecule has 1 aromatic carbocycles. The van der Waals surface area contributed by atoms with E-state index in [1.54, 1.807) is 15.5 Å². The zero-order chi connectivity index (χ0) is 24.8. The molecule has 0 amide bonds. The van der Waals surface area contributed by atoms with E-state index < -0.39 is 0 Å². The van der Waals surface area contributed by atoms with Crippen molar-refractivity contribution in [3.63, 3.8) is 0 Å². The molecule has 0 bridgehead atoms. The van der Waals surface area contributed by atoms with E-state index in [1.165, 1.54) is 0 Å². The Bertz CT molecular complexity index is 1570. The van der Waals surface area contributed by atoms with Crippen LogP contribution in [0.4, 0.5) is 0 Å². The van der Waals surface area contributed by atoms with Gasteiger partial charge in [0.1, 0.15) is 6.33 Å². The fourth-order valence-electron chi connectivity index (χ4n) is 4.69. The molecule has 0 fully saturated rings. The molecule has 11 heteroatoms. The molecule has 4 aromatic heterocycles. The average molecular weight is 487 g/mol. The standard InChI is InChI=1S/C25H26N8O3/c1-5-34-17-8-7-15(9-18(17)35-6-2)10-19-28-23-22-21(16-11-27-32(4)12-16)20-14(3)29-30-25(20)36-24(22)26-13-33(23)31-19/h7-9,11-13,21H,5-6,10H2,1-4H3,(H,29,30). The number of benzene rings is 1.